The van der Waals surface area contributed by atoms with Gasteiger partial charge in [0.1, 0.15) is 5.75 Å². The van der Waals surface area contributed by atoms with Crippen molar-refractivity contribution in [2.24, 2.45) is 0 Å². The number of ether oxygens (including phenoxy) is 1. The molecule has 32 heavy (non-hydrogen) atoms. The van der Waals surface area contributed by atoms with Crippen molar-refractivity contribution in [1.82, 2.24) is 14.3 Å². The van der Waals surface area contributed by atoms with E-state index < -0.39 is 0 Å². The Labute approximate surface area is 186 Å². The monoisotopic (exact) mass is 430 g/mol. The van der Waals surface area contributed by atoms with Gasteiger partial charge < -0.3 is 19.3 Å². The molecule has 0 radical (unpaired) electrons. The molecule has 4 aromatic rings. The minimum atomic E-state index is -0.185. The van der Waals surface area contributed by atoms with Gasteiger partial charge in [-0.3, -0.25) is 4.79 Å². The Balaban J connectivity index is 1.67. The van der Waals surface area contributed by atoms with Crippen LogP contribution >= 0.6 is 0 Å². The number of benzene rings is 2. The normalized spacial score (nSPS) is 13.4. The molecule has 2 aromatic carbocycles. The van der Waals surface area contributed by atoms with E-state index in [1.165, 1.54) is 16.8 Å². The molecule has 164 valence electrons. The molecule has 1 aliphatic heterocycles. The van der Waals surface area contributed by atoms with E-state index >= 15 is 0 Å². The lowest BCUT2D eigenvalue weighted by atomic mass is 10.1. The van der Waals surface area contributed by atoms with Gasteiger partial charge in [-0.2, -0.15) is 9.78 Å². The second-order valence-electron chi connectivity index (χ2n) is 8.17. The molecular formula is C25H26N4O3. The summed E-state index contributed by atoms with van der Waals surface area (Å²) in [5.74, 6) is 0.575. The number of hydrogen-bond acceptors (Lipinski definition) is 5. The summed E-state index contributed by atoms with van der Waals surface area (Å²) in [7, 11) is 1.55. The van der Waals surface area contributed by atoms with E-state index in [0.717, 1.165) is 35.6 Å². The fraction of sp³-hybridized carbons (Fsp3) is 0.280. The van der Waals surface area contributed by atoms with Crippen molar-refractivity contribution in [3.8, 4) is 17.1 Å². The molecule has 1 N–H and O–H groups in total. The molecular weight excluding hydrogens is 404 g/mol. The number of aryl methyl sites for hydroxylation is 2. The van der Waals surface area contributed by atoms with Crippen molar-refractivity contribution in [1.29, 1.82) is 0 Å². The lowest BCUT2D eigenvalue weighted by molar-refractivity contribution is 0.273. The third kappa shape index (κ3) is 3.08. The maximum Gasteiger partial charge on any atom is 0.281 e. The molecule has 1 saturated heterocycles. The van der Waals surface area contributed by atoms with E-state index in [0.29, 0.717) is 22.4 Å². The van der Waals surface area contributed by atoms with Crippen LogP contribution in [0.5, 0.6) is 5.75 Å². The Kier molecular flexibility index (Phi) is 4.98. The fourth-order valence-electron chi connectivity index (χ4n) is 4.56. The smallest absolute Gasteiger partial charge is 0.281 e. The Morgan fingerprint density at radius 2 is 1.81 bits per heavy atom. The highest BCUT2D eigenvalue weighted by molar-refractivity contribution is 5.88. The Morgan fingerprint density at radius 1 is 1.03 bits per heavy atom. The van der Waals surface area contributed by atoms with Crippen molar-refractivity contribution in [2.75, 3.05) is 25.1 Å². The lowest BCUT2D eigenvalue weighted by Crippen LogP contribution is -2.36. The van der Waals surface area contributed by atoms with Gasteiger partial charge in [-0.05, 0) is 56.7 Å². The molecule has 7 heteroatoms. The highest BCUT2D eigenvalue weighted by atomic mass is 16.5. The zero-order valence-electron chi connectivity index (χ0n) is 18.5. The second-order valence-corrected chi connectivity index (χ2v) is 8.17. The summed E-state index contributed by atoms with van der Waals surface area (Å²) < 4.78 is 8.80. The number of anilines is 1. The van der Waals surface area contributed by atoms with Crippen molar-refractivity contribution < 1.29 is 9.84 Å². The van der Waals surface area contributed by atoms with Crippen LogP contribution in [0.25, 0.3) is 22.1 Å². The average molecular weight is 431 g/mol. The molecule has 0 unspecified atom stereocenters. The molecule has 0 bridgehead atoms. The van der Waals surface area contributed by atoms with E-state index in [9.17, 15) is 9.90 Å². The maximum atomic E-state index is 13.5. The predicted molar refractivity (Wildman–Crippen MR) is 125 cm³/mol. The summed E-state index contributed by atoms with van der Waals surface area (Å²) in [5.41, 5.74) is 5.12. The first-order chi connectivity index (χ1) is 15.5. The first-order valence-electron chi connectivity index (χ1n) is 10.8. The SMILES string of the molecule is COc1ccc(-n2ncc3c(C)n(-c4cccc(N5CCC5)c4)c(C)c3c2=O)cc1CO. The quantitative estimate of drug-likeness (QED) is 0.525. The van der Waals surface area contributed by atoms with Crippen LogP contribution in [0, 0.1) is 13.8 Å². The van der Waals surface area contributed by atoms with Gasteiger partial charge in [0.05, 0.1) is 31.0 Å². The summed E-state index contributed by atoms with van der Waals surface area (Å²) in [6.45, 7) is 5.98. The number of rotatable bonds is 5. The van der Waals surface area contributed by atoms with Gasteiger partial charge in [-0.1, -0.05) is 6.07 Å². The highest BCUT2D eigenvalue weighted by Crippen LogP contribution is 2.30. The van der Waals surface area contributed by atoms with E-state index in [1.54, 1.807) is 31.5 Å². The zero-order valence-corrected chi connectivity index (χ0v) is 18.5. The Hall–Kier alpha value is -3.58. The minimum absolute atomic E-state index is 0.185. The molecule has 0 saturated carbocycles. The molecule has 2 aromatic heterocycles. The Bertz CT molecular complexity index is 1380. The number of hydrogen-bond donors (Lipinski definition) is 1. The van der Waals surface area contributed by atoms with Gasteiger partial charge in [0.25, 0.3) is 5.56 Å². The van der Waals surface area contributed by atoms with Gasteiger partial charge in [-0.25, -0.2) is 0 Å². The number of methoxy groups -OCH3 is 1. The number of aliphatic hydroxyl groups excluding tert-OH is 1. The fourth-order valence-corrected chi connectivity index (χ4v) is 4.56. The van der Waals surface area contributed by atoms with E-state index in [4.69, 9.17) is 4.74 Å². The maximum absolute atomic E-state index is 13.5. The van der Waals surface area contributed by atoms with Gasteiger partial charge in [0, 0.05) is 46.8 Å². The molecule has 1 aliphatic rings. The third-order valence-electron chi connectivity index (χ3n) is 6.39. The molecule has 0 aliphatic carbocycles. The van der Waals surface area contributed by atoms with Crippen molar-refractivity contribution in [3.05, 3.63) is 76.0 Å². The molecule has 1 fully saturated rings. The molecule has 0 amide bonds. The summed E-state index contributed by atoms with van der Waals surface area (Å²) in [6.07, 6.45) is 2.97. The van der Waals surface area contributed by atoms with Gasteiger partial charge >= 0.3 is 0 Å². The largest absolute Gasteiger partial charge is 0.496 e. The predicted octanol–water partition coefficient (Wildman–Crippen LogP) is 3.50. The highest BCUT2D eigenvalue weighted by Gasteiger charge is 2.20. The zero-order chi connectivity index (χ0) is 22.4. The summed E-state index contributed by atoms with van der Waals surface area (Å²) in [6, 6.07) is 13.7. The Morgan fingerprint density at radius 3 is 2.50 bits per heavy atom. The standard InChI is InChI=1S/C25H26N4O3/c1-16-22-14-26-29(21-8-9-23(32-3)18(12-21)15-30)25(31)24(22)17(2)28(16)20-7-4-6-19(13-20)27-10-5-11-27/h4,6-9,12-14,30H,5,10-11,15H2,1-3H3. The molecule has 0 spiro atoms. The van der Waals surface area contributed by atoms with Crippen LogP contribution in [0.1, 0.15) is 23.4 Å². The van der Waals surface area contributed by atoms with Crippen LogP contribution < -0.4 is 15.2 Å². The van der Waals surface area contributed by atoms with Crippen LogP contribution in [0.4, 0.5) is 5.69 Å². The van der Waals surface area contributed by atoms with Crippen LogP contribution in [0.3, 0.4) is 0 Å². The third-order valence-corrected chi connectivity index (χ3v) is 6.39. The topological polar surface area (TPSA) is 72.5 Å². The second kappa shape index (κ2) is 7.84. The molecule has 3 heterocycles. The number of fused-ring (bicyclic) bond motifs is 1. The average Bonchev–Trinajstić information content (AvgIpc) is 3.03. The van der Waals surface area contributed by atoms with Crippen molar-refractivity contribution >= 4 is 16.5 Å². The van der Waals surface area contributed by atoms with Gasteiger partial charge in [0.2, 0.25) is 0 Å². The molecule has 5 rings (SSSR count). The van der Waals surface area contributed by atoms with Crippen LogP contribution in [0.15, 0.2) is 53.5 Å². The first kappa shape index (κ1) is 20.3. The number of aromatic nitrogens is 3. The van der Waals surface area contributed by atoms with Gasteiger partial charge in [0.15, 0.2) is 0 Å². The van der Waals surface area contributed by atoms with E-state index in [2.05, 4.69) is 38.8 Å². The van der Waals surface area contributed by atoms with Crippen molar-refractivity contribution in [2.45, 2.75) is 26.9 Å². The summed E-state index contributed by atoms with van der Waals surface area (Å²) >= 11 is 0. The first-order valence-corrected chi connectivity index (χ1v) is 10.8. The molecule has 0 atom stereocenters. The summed E-state index contributed by atoms with van der Waals surface area (Å²) in [5, 5.41) is 15.6. The number of nitrogens with zero attached hydrogens (tertiary/aromatic N) is 4. The number of aliphatic hydroxyl groups is 1. The summed E-state index contributed by atoms with van der Waals surface area (Å²) in [4.78, 5) is 15.9. The molecule has 7 nitrogen and oxygen atoms in total. The lowest BCUT2D eigenvalue weighted by Gasteiger charge is -2.33. The van der Waals surface area contributed by atoms with Crippen molar-refractivity contribution in [3.63, 3.8) is 0 Å². The van der Waals surface area contributed by atoms with Crippen LogP contribution in [-0.2, 0) is 6.61 Å². The van der Waals surface area contributed by atoms with Gasteiger partial charge in [-0.15, -0.1) is 0 Å². The van der Waals surface area contributed by atoms with E-state index in [1.807, 2.05) is 13.8 Å². The van der Waals surface area contributed by atoms with Crippen LogP contribution in [0.2, 0.25) is 0 Å². The van der Waals surface area contributed by atoms with Crippen LogP contribution in [-0.4, -0.2) is 39.7 Å². The van der Waals surface area contributed by atoms with E-state index in [-0.39, 0.29) is 12.2 Å². The minimum Gasteiger partial charge on any atom is -0.496 e.